The van der Waals surface area contributed by atoms with E-state index in [2.05, 4.69) is 10.3 Å². The number of para-hydroxylation sites is 1. The van der Waals surface area contributed by atoms with Crippen molar-refractivity contribution in [3.63, 3.8) is 0 Å². The molecule has 0 saturated heterocycles. The second-order valence-corrected chi connectivity index (χ2v) is 4.49. The van der Waals surface area contributed by atoms with Crippen LogP contribution < -0.4 is 5.32 Å². The van der Waals surface area contributed by atoms with Crippen molar-refractivity contribution in [1.82, 2.24) is 4.98 Å². The van der Waals surface area contributed by atoms with Gasteiger partial charge in [0.25, 0.3) is 0 Å². The quantitative estimate of drug-likeness (QED) is 0.857. The Morgan fingerprint density at radius 2 is 2.19 bits per heavy atom. The maximum atomic E-state index is 11.0. The minimum absolute atomic E-state index is 0.246. The molecule has 1 aromatic heterocycles. The molecule has 0 bridgehead atoms. The molecule has 1 aromatic carbocycles. The zero-order chi connectivity index (χ0) is 11.5. The highest BCUT2D eigenvalue weighted by Crippen LogP contribution is 2.24. The number of nitrogens with zero attached hydrogens (tertiary/aromatic N) is 1. The van der Waals surface area contributed by atoms with Crippen LogP contribution in [0.1, 0.15) is 15.2 Å². The molecule has 2 aromatic rings. The highest BCUT2D eigenvalue weighted by atomic mass is 32.1. The average molecular weight is 234 g/mol. The van der Waals surface area contributed by atoms with Gasteiger partial charge in [0.2, 0.25) is 0 Å². The second kappa shape index (κ2) is 4.32. The second-order valence-electron chi connectivity index (χ2n) is 3.25. The highest BCUT2D eigenvalue weighted by molar-refractivity contribution is 7.15. The van der Waals surface area contributed by atoms with Gasteiger partial charge in [0.1, 0.15) is 0 Å². The predicted octanol–water partition coefficient (Wildman–Crippen LogP) is 2.89. The number of aromatic carboxylic acids is 1. The molecular formula is C11H10N2O2S. The van der Waals surface area contributed by atoms with Crippen LogP contribution in [0.2, 0.25) is 0 Å². The number of benzene rings is 1. The van der Waals surface area contributed by atoms with E-state index < -0.39 is 5.97 Å². The lowest BCUT2D eigenvalue weighted by Gasteiger charge is -2.05. The zero-order valence-electron chi connectivity index (χ0n) is 8.60. The Bertz CT molecular complexity index is 522. The standard InChI is InChI=1S/C11H10N2O2S/c1-7-6-12-11(16-7)13-9-5-3-2-4-8(9)10(14)15/h2-6H,1H3,(H,12,13)(H,14,15). The van der Waals surface area contributed by atoms with Crippen molar-refractivity contribution in [2.45, 2.75) is 6.92 Å². The highest BCUT2D eigenvalue weighted by Gasteiger charge is 2.09. The van der Waals surface area contributed by atoms with E-state index in [4.69, 9.17) is 5.11 Å². The van der Waals surface area contributed by atoms with Gasteiger partial charge in [-0.3, -0.25) is 0 Å². The van der Waals surface area contributed by atoms with Crippen molar-refractivity contribution in [3.8, 4) is 0 Å². The summed E-state index contributed by atoms with van der Waals surface area (Å²) in [6.07, 6.45) is 1.75. The maximum Gasteiger partial charge on any atom is 0.337 e. The molecule has 0 saturated carbocycles. The summed E-state index contributed by atoms with van der Waals surface area (Å²) in [6.45, 7) is 1.95. The van der Waals surface area contributed by atoms with Crippen molar-refractivity contribution in [2.24, 2.45) is 0 Å². The summed E-state index contributed by atoms with van der Waals surface area (Å²) in [4.78, 5) is 16.2. The van der Waals surface area contributed by atoms with E-state index in [1.165, 1.54) is 11.3 Å². The number of rotatable bonds is 3. The summed E-state index contributed by atoms with van der Waals surface area (Å²) >= 11 is 1.49. The molecule has 0 unspecified atom stereocenters. The van der Waals surface area contributed by atoms with Crippen LogP contribution in [0.5, 0.6) is 0 Å². The molecule has 5 heteroatoms. The molecule has 0 aliphatic carbocycles. The van der Waals surface area contributed by atoms with E-state index in [0.717, 1.165) is 4.88 Å². The lowest BCUT2D eigenvalue weighted by atomic mass is 10.2. The average Bonchev–Trinajstić information content (AvgIpc) is 2.64. The van der Waals surface area contributed by atoms with Crippen LogP contribution in [-0.4, -0.2) is 16.1 Å². The number of hydrogen-bond acceptors (Lipinski definition) is 4. The molecule has 2 rings (SSSR count). The van der Waals surface area contributed by atoms with Gasteiger partial charge in [0.05, 0.1) is 11.3 Å². The lowest BCUT2D eigenvalue weighted by molar-refractivity contribution is 0.0698. The van der Waals surface area contributed by atoms with Crippen LogP contribution in [0, 0.1) is 6.92 Å². The number of nitrogens with one attached hydrogen (secondary N) is 1. The summed E-state index contributed by atoms with van der Waals surface area (Å²) < 4.78 is 0. The van der Waals surface area contributed by atoms with Crippen molar-refractivity contribution in [2.75, 3.05) is 5.32 Å². The fourth-order valence-corrected chi connectivity index (χ4v) is 1.98. The van der Waals surface area contributed by atoms with Gasteiger partial charge in [-0.25, -0.2) is 9.78 Å². The van der Waals surface area contributed by atoms with Gasteiger partial charge in [-0.05, 0) is 19.1 Å². The summed E-state index contributed by atoms with van der Waals surface area (Å²) in [5.41, 5.74) is 0.805. The van der Waals surface area contributed by atoms with Crippen LogP contribution in [0.25, 0.3) is 0 Å². The largest absolute Gasteiger partial charge is 0.478 e. The predicted molar refractivity (Wildman–Crippen MR) is 63.5 cm³/mol. The van der Waals surface area contributed by atoms with E-state index in [1.807, 2.05) is 6.92 Å². The van der Waals surface area contributed by atoms with Gasteiger partial charge in [-0.2, -0.15) is 0 Å². The van der Waals surface area contributed by atoms with Gasteiger partial charge >= 0.3 is 5.97 Å². The minimum Gasteiger partial charge on any atom is -0.478 e. The Hall–Kier alpha value is -1.88. The molecule has 0 amide bonds. The molecule has 0 radical (unpaired) electrons. The van der Waals surface area contributed by atoms with Gasteiger partial charge in [0.15, 0.2) is 5.13 Å². The van der Waals surface area contributed by atoms with E-state index in [9.17, 15) is 4.79 Å². The SMILES string of the molecule is Cc1cnc(Nc2ccccc2C(=O)O)s1. The first-order chi connectivity index (χ1) is 7.66. The number of carbonyl (C=O) groups is 1. The van der Waals surface area contributed by atoms with Crippen molar-refractivity contribution >= 4 is 28.1 Å². The number of hydrogen-bond donors (Lipinski definition) is 2. The van der Waals surface area contributed by atoms with Crippen molar-refractivity contribution < 1.29 is 9.90 Å². The third kappa shape index (κ3) is 2.20. The smallest absolute Gasteiger partial charge is 0.337 e. The number of aromatic nitrogens is 1. The van der Waals surface area contributed by atoms with E-state index >= 15 is 0 Å². The van der Waals surface area contributed by atoms with E-state index in [1.54, 1.807) is 30.5 Å². The summed E-state index contributed by atoms with van der Waals surface area (Å²) in [7, 11) is 0. The van der Waals surface area contributed by atoms with Crippen LogP contribution >= 0.6 is 11.3 Å². The number of carboxylic acid groups (broad SMARTS) is 1. The monoisotopic (exact) mass is 234 g/mol. The minimum atomic E-state index is -0.948. The normalized spacial score (nSPS) is 10.1. The molecule has 16 heavy (non-hydrogen) atoms. The number of carboxylic acids is 1. The van der Waals surface area contributed by atoms with Crippen molar-refractivity contribution in [3.05, 3.63) is 40.9 Å². The molecule has 0 aliphatic heterocycles. The fraction of sp³-hybridized carbons (Fsp3) is 0.0909. The van der Waals surface area contributed by atoms with Gasteiger partial charge in [0, 0.05) is 11.1 Å². The molecule has 0 fully saturated rings. The summed E-state index contributed by atoms with van der Waals surface area (Å²) in [5, 5.41) is 12.7. The zero-order valence-corrected chi connectivity index (χ0v) is 9.41. The van der Waals surface area contributed by atoms with E-state index in [-0.39, 0.29) is 5.56 Å². The first-order valence-electron chi connectivity index (χ1n) is 4.68. The summed E-state index contributed by atoms with van der Waals surface area (Å²) in [6, 6.07) is 6.77. The number of aryl methyl sites for hydroxylation is 1. The fourth-order valence-electron chi connectivity index (χ4n) is 1.31. The molecular weight excluding hydrogens is 224 g/mol. The Morgan fingerprint density at radius 3 is 2.81 bits per heavy atom. The third-order valence-corrected chi connectivity index (χ3v) is 2.85. The maximum absolute atomic E-state index is 11.0. The lowest BCUT2D eigenvalue weighted by Crippen LogP contribution is -2.01. The molecule has 82 valence electrons. The Morgan fingerprint density at radius 1 is 1.44 bits per heavy atom. The van der Waals surface area contributed by atoms with Gasteiger partial charge in [-0.1, -0.05) is 12.1 Å². The molecule has 0 atom stereocenters. The molecule has 0 aliphatic rings. The Labute approximate surface area is 96.6 Å². The van der Waals surface area contributed by atoms with Gasteiger partial charge < -0.3 is 10.4 Å². The molecule has 4 nitrogen and oxygen atoms in total. The topological polar surface area (TPSA) is 62.2 Å². The summed E-state index contributed by atoms with van der Waals surface area (Å²) in [5.74, 6) is -0.948. The van der Waals surface area contributed by atoms with Gasteiger partial charge in [-0.15, -0.1) is 11.3 Å². The molecule has 1 heterocycles. The van der Waals surface area contributed by atoms with Crippen LogP contribution in [0.4, 0.5) is 10.8 Å². The first kappa shape index (κ1) is 10.6. The van der Waals surface area contributed by atoms with Crippen LogP contribution in [0.15, 0.2) is 30.5 Å². The van der Waals surface area contributed by atoms with Crippen LogP contribution in [-0.2, 0) is 0 Å². The molecule has 2 N–H and O–H groups in total. The Kier molecular flexibility index (Phi) is 2.87. The number of thiazole rings is 1. The Balaban J connectivity index is 2.31. The molecule has 0 spiro atoms. The third-order valence-electron chi connectivity index (χ3n) is 2.02. The van der Waals surface area contributed by atoms with Crippen LogP contribution in [0.3, 0.4) is 0 Å². The van der Waals surface area contributed by atoms with E-state index in [0.29, 0.717) is 10.8 Å². The van der Waals surface area contributed by atoms with Crippen molar-refractivity contribution in [1.29, 1.82) is 0 Å². The number of anilines is 2. The first-order valence-corrected chi connectivity index (χ1v) is 5.50.